The first-order valence-corrected chi connectivity index (χ1v) is 5.50. The van der Waals surface area contributed by atoms with Crippen molar-refractivity contribution in [1.29, 1.82) is 0 Å². The number of hydrogen-bond acceptors (Lipinski definition) is 3. The van der Waals surface area contributed by atoms with Crippen LogP contribution in [0, 0.1) is 0 Å². The first-order chi connectivity index (χ1) is 7.81. The van der Waals surface area contributed by atoms with Crippen molar-refractivity contribution in [2.45, 2.75) is 25.9 Å². The quantitative estimate of drug-likeness (QED) is 0.798. The first kappa shape index (κ1) is 10.9. The predicted octanol–water partition coefficient (Wildman–Crippen LogP) is 1.38. The number of nitrogens with zero attached hydrogens (tertiary/aromatic N) is 3. The maximum absolute atomic E-state index is 4.27. The van der Waals surface area contributed by atoms with E-state index in [1.165, 1.54) is 5.69 Å². The molecule has 2 rings (SSSR count). The van der Waals surface area contributed by atoms with Gasteiger partial charge in [0.05, 0.1) is 11.7 Å². The molecule has 0 amide bonds. The average Bonchev–Trinajstić information content (AvgIpc) is 2.92. The maximum Gasteiger partial charge on any atom is 0.123 e. The minimum absolute atomic E-state index is 0.268. The molecule has 0 radical (unpaired) electrons. The lowest BCUT2D eigenvalue weighted by atomic mass is 10.2. The molecule has 0 aliphatic carbocycles. The van der Waals surface area contributed by atoms with Crippen molar-refractivity contribution in [3.8, 4) is 0 Å². The van der Waals surface area contributed by atoms with Crippen LogP contribution in [0.4, 0.5) is 0 Å². The molecule has 2 aromatic heterocycles. The summed E-state index contributed by atoms with van der Waals surface area (Å²) in [5.41, 5.74) is 1.17. The lowest BCUT2D eigenvalue weighted by molar-refractivity contribution is 0.484. The normalized spacial score (nSPS) is 12.9. The van der Waals surface area contributed by atoms with Crippen LogP contribution in [0.5, 0.6) is 0 Å². The first-order valence-electron chi connectivity index (χ1n) is 5.50. The zero-order valence-corrected chi connectivity index (χ0v) is 9.64. The highest BCUT2D eigenvalue weighted by Gasteiger charge is 2.11. The van der Waals surface area contributed by atoms with Gasteiger partial charge in [-0.25, -0.2) is 4.98 Å². The molecule has 16 heavy (non-hydrogen) atoms. The van der Waals surface area contributed by atoms with E-state index in [1.54, 1.807) is 6.20 Å². The molecule has 86 valence electrons. The second-order valence-corrected chi connectivity index (χ2v) is 3.76. The van der Waals surface area contributed by atoms with Gasteiger partial charge >= 0.3 is 0 Å². The van der Waals surface area contributed by atoms with E-state index >= 15 is 0 Å². The molecule has 0 spiro atoms. The van der Waals surface area contributed by atoms with Crippen LogP contribution in [0.2, 0.25) is 0 Å². The van der Waals surface area contributed by atoms with E-state index in [-0.39, 0.29) is 6.04 Å². The molecule has 2 aromatic rings. The molecular weight excluding hydrogens is 202 g/mol. The Kier molecular flexibility index (Phi) is 3.36. The summed E-state index contributed by atoms with van der Waals surface area (Å²) in [6.07, 6.45) is 6.45. The van der Waals surface area contributed by atoms with Crippen LogP contribution in [0.15, 0.2) is 24.7 Å². The lowest BCUT2D eigenvalue weighted by Crippen LogP contribution is -2.22. The van der Waals surface area contributed by atoms with Crippen LogP contribution >= 0.6 is 0 Å². The van der Waals surface area contributed by atoms with Gasteiger partial charge in [-0.2, -0.15) is 5.10 Å². The van der Waals surface area contributed by atoms with Gasteiger partial charge in [-0.15, -0.1) is 0 Å². The van der Waals surface area contributed by atoms with Crippen molar-refractivity contribution in [3.05, 3.63) is 36.2 Å². The zero-order valence-electron chi connectivity index (χ0n) is 9.64. The van der Waals surface area contributed by atoms with Crippen molar-refractivity contribution in [2.24, 2.45) is 7.05 Å². The van der Waals surface area contributed by atoms with E-state index in [9.17, 15) is 0 Å². The van der Waals surface area contributed by atoms with E-state index in [1.807, 2.05) is 30.2 Å². The molecule has 0 bridgehead atoms. The molecular formula is C11H17N5. The van der Waals surface area contributed by atoms with Gasteiger partial charge in [0.25, 0.3) is 0 Å². The number of H-pyrrole nitrogens is 1. The molecule has 0 fully saturated rings. The predicted molar refractivity (Wildman–Crippen MR) is 61.7 cm³/mol. The summed E-state index contributed by atoms with van der Waals surface area (Å²) in [6.45, 7) is 2.94. The van der Waals surface area contributed by atoms with E-state index in [4.69, 9.17) is 0 Å². The second-order valence-electron chi connectivity index (χ2n) is 3.76. The summed E-state index contributed by atoms with van der Waals surface area (Å²) >= 11 is 0. The van der Waals surface area contributed by atoms with E-state index in [2.05, 4.69) is 27.3 Å². The number of aromatic amines is 1. The summed E-state index contributed by atoms with van der Waals surface area (Å²) in [6, 6.07) is 2.28. The summed E-state index contributed by atoms with van der Waals surface area (Å²) in [7, 11) is 1.95. The van der Waals surface area contributed by atoms with E-state index in [0.717, 1.165) is 18.8 Å². The highest BCUT2D eigenvalue weighted by Crippen LogP contribution is 2.12. The van der Waals surface area contributed by atoms with Crippen molar-refractivity contribution >= 4 is 0 Å². The molecule has 1 unspecified atom stereocenters. The monoisotopic (exact) mass is 219 g/mol. The largest absolute Gasteiger partial charge is 0.347 e. The average molecular weight is 219 g/mol. The van der Waals surface area contributed by atoms with Crippen molar-refractivity contribution in [1.82, 2.24) is 25.1 Å². The number of imidazole rings is 1. The Bertz CT molecular complexity index is 417. The number of rotatable bonds is 5. The van der Waals surface area contributed by atoms with Crippen LogP contribution in [0.3, 0.4) is 0 Å². The highest BCUT2D eigenvalue weighted by molar-refractivity contribution is 5.01. The summed E-state index contributed by atoms with van der Waals surface area (Å²) < 4.78 is 1.88. The highest BCUT2D eigenvalue weighted by atomic mass is 15.3. The molecule has 0 saturated carbocycles. The van der Waals surface area contributed by atoms with Crippen LogP contribution in [-0.2, 0) is 13.6 Å². The van der Waals surface area contributed by atoms with Gasteiger partial charge in [0.2, 0.25) is 0 Å². The Morgan fingerprint density at radius 2 is 2.38 bits per heavy atom. The number of hydrogen-bond donors (Lipinski definition) is 2. The van der Waals surface area contributed by atoms with Crippen molar-refractivity contribution < 1.29 is 0 Å². The molecule has 1 atom stereocenters. The molecule has 0 aliphatic heterocycles. The fourth-order valence-corrected chi connectivity index (χ4v) is 1.70. The van der Waals surface area contributed by atoms with Crippen molar-refractivity contribution in [2.75, 3.05) is 0 Å². The fourth-order valence-electron chi connectivity index (χ4n) is 1.70. The molecule has 0 saturated heterocycles. The smallest absolute Gasteiger partial charge is 0.123 e. The van der Waals surface area contributed by atoms with Gasteiger partial charge in [0.1, 0.15) is 5.82 Å². The van der Waals surface area contributed by atoms with Crippen LogP contribution in [-0.4, -0.2) is 19.7 Å². The Labute approximate surface area is 94.9 Å². The minimum Gasteiger partial charge on any atom is -0.347 e. The van der Waals surface area contributed by atoms with Gasteiger partial charge in [-0.3, -0.25) is 4.68 Å². The van der Waals surface area contributed by atoms with E-state index < -0.39 is 0 Å². The Hall–Kier alpha value is -1.62. The molecule has 5 heteroatoms. The summed E-state index contributed by atoms with van der Waals surface area (Å²) in [4.78, 5) is 7.41. The number of aryl methyl sites for hydroxylation is 1. The summed E-state index contributed by atoms with van der Waals surface area (Å²) in [5, 5.41) is 7.60. The van der Waals surface area contributed by atoms with Gasteiger partial charge in [-0.05, 0) is 12.5 Å². The van der Waals surface area contributed by atoms with Crippen LogP contribution in [0.1, 0.15) is 30.9 Å². The fraction of sp³-hybridized carbons (Fsp3) is 0.455. The van der Waals surface area contributed by atoms with Gasteiger partial charge in [0, 0.05) is 32.2 Å². The SMILES string of the molecule is CCC(NCc1ccnn1C)c1ncc[nH]1. The molecule has 2 heterocycles. The molecule has 2 N–H and O–H groups in total. The topological polar surface area (TPSA) is 58.5 Å². The Morgan fingerprint density at radius 3 is 2.94 bits per heavy atom. The number of aromatic nitrogens is 4. The zero-order chi connectivity index (χ0) is 11.4. The molecule has 5 nitrogen and oxygen atoms in total. The van der Waals surface area contributed by atoms with Crippen LogP contribution in [0.25, 0.3) is 0 Å². The Balaban J connectivity index is 1.96. The third kappa shape index (κ3) is 2.30. The van der Waals surface area contributed by atoms with Crippen LogP contribution < -0.4 is 5.32 Å². The third-order valence-corrected chi connectivity index (χ3v) is 2.71. The van der Waals surface area contributed by atoms with Gasteiger partial charge in [-0.1, -0.05) is 6.92 Å². The number of nitrogens with one attached hydrogen (secondary N) is 2. The lowest BCUT2D eigenvalue weighted by Gasteiger charge is -2.14. The standard InChI is InChI=1S/C11H17N5/c1-3-10(11-12-6-7-13-11)14-8-9-4-5-15-16(9)2/h4-7,10,14H,3,8H2,1-2H3,(H,12,13). The van der Waals surface area contributed by atoms with E-state index in [0.29, 0.717) is 0 Å². The molecule has 0 aliphatic rings. The summed E-state index contributed by atoms with van der Waals surface area (Å²) in [5.74, 6) is 0.990. The van der Waals surface area contributed by atoms with Crippen molar-refractivity contribution in [3.63, 3.8) is 0 Å². The maximum atomic E-state index is 4.27. The Morgan fingerprint density at radius 1 is 1.50 bits per heavy atom. The van der Waals surface area contributed by atoms with Gasteiger partial charge < -0.3 is 10.3 Å². The van der Waals surface area contributed by atoms with Gasteiger partial charge in [0.15, 0.2) is 0 Å². The minimum atomic E-state index is 0.268. The second kappa shape index (κ2) is 4.94. The molecule has 0 aromatic carbocycles. The third-order valence-electron chi connectivity index (χ3n) is 2.71.